The van der Waals surface area contributed by atoms with Crippen LogP contribution in [0, 0.1) is 11.8 Å². The second-order valence-electron chi connectivity index (χ2n) is 13.0. The Morgan fingerprint density at radius 2 is 1.68 bits per heavy atom. The number of likely N-dealkylation sites (tertiary alicyclic amines) is 2. The highest BCUT2D eigenvalue weighted by Crippen LogP contribution is 2.24. The van der Waals surface area contributed by atoms with Crippen molar-refractivity contribution in [3.63, 3.8) is 0 Å². The number of hydrogen-bond donors (Lipinski definition) is 3. The largest absolute Gasteiger partial charge is 0.494 e. The summed E-state index contributed by atoms with van der Waals surface area (Å²) in [6.45, 7) is 11.4. The maximum atomic E-state index is 13.4. The molecule has 1 aromatic rings. The topological polar surface area (TPSA) is 170 Å². The monoisotopic (exact) mass is 614 g/mol. The summed E-state index contributed by atoms with van der Waals surface area (Å²) in [7, 11) is 0. The molecule has 2 fully saturated rings. The molecular weight excluding hydrogens is 564 g/mol. The number of carbonyl (C=O) groups excluding carboxylic acids is 4. The molecule has 2 aliphatic rings. The van der Waals surface area contributed by atoms with Crippen molar-refractivity contribution in [1.82, 2.24) is 15.1 Å². The summed E-state index contributed by atoms with van der Waals surface area (Å²) >= 11 is 0. The highest BCUT2D eigenvalue weighted by atomic mass is 16.6. The molecule has 244 valence electrons. The van der Waals surface area contributed by atoms with Gasteiger partial charge in [0.05, 0.1) is 6.61 Å². The van der Waals surface area contributed by atoms with Gasteiger partial charge < -0.3 is 36.1 Å². The third-order valence-electron chi connectivity index (χ3n) is 7.94. The summed E-state index contributed by atoms with van der Waals surface area (Å²) in [5.74, 6) is 0.756. The average molecular weight is 615 g/mol. The lowest BCUT2D eigenvalue weighted by Gasteiger charge is -2.30. The van der Waals surface area contributed by atoms with E-state index in [4.69, 9.17) is 20.9 Å². The summed E-state index contributed by atoms with van der Waals surface area (Å²) < 4.78 is 11.3. The van der Waals surface area contributed by atoms with Gasteiger partial charge in [-0.15, -0.1) is 0 Å². The Bertz CT molecular complexity index is 1170. The predicted molar refractivity (Wildman–Crippen MR) is 168 cm³/mol. The molecule has 0 aliphatic carbocycles. The van der Waals surface area contributed by atoms with Crippen LogP contribution in [-0.2, 0) is 20.7 Å². The SMILES string of the molecule is CC(C)C(N)=NC(=O)N1CCC(CCCOc2ccc(CC(NC(=O)OC(C)(C)C)C(=O)N3CCC[C@H]3C(N)=O)cc2)CC1. The van der Waals surface area contributed by atoms with E-state index in [1.165, 1.54) is 4.90 Å². The number of primary amides is 1. The first-order valence-electron chi connectivity index (χ1n) is 15.7. The van der Waals surface area contributed by atoms with Gasteiger partial charge in [-0.1, -0.05) is 26.0 Å². The Morgan fingerprint density at radius 1 is 1.02 bits per heavy atom. The van der Waals surface area contributed by atoms with Gasteiger partial charge in [0.15, 0.2) is 0 Å². The summed E-state index contributed by atoms with van der Waals surface area (Å²) in [5.41, 5.74) is 11.5. The van der Waals surface area contributed by atoms with E-state index in [9.17, 15) is 19.2 Å². The highest BCUT2D eigenvalue weighted by Gasteiger charge is 2.37. The average Bonchev–Trinajstić information content (AvgIpc) is 3.45. The minimum Gasteiger partial charge on any atom is -0.494 e. The molecule has 0 spiro atoms. The van der Waals surface area contributed by atoms with E-state index in [2.05, 4.69) is 10.3 Å². The Morgan fingerprint density at radius 3 is 2.27 bits per heavy atom. The number of benzene rings is 1. The lowest BCUT2D eigenvalue weighted by molar-refractivity contribution is -0.139. The van der Waals surface area contributed by atoms with Crippen LogP contribution >= 0.6 is 0 Å². The van der Waals surface area contributed by atoms with E-state index in [0.29, 0.717) is 56.6 Å². The Hall–Kier alpha value is -3.83. The first kappa shape index (κ1) is 34.7. The third-order valence-corrected chi connectivity index (χ3v) is 7.94. The second kappa shape index (κ2) is 15.8. The van der Waals surface area contributed by atoms with Crippen LogP contribution in [-0.4, -0.2) is 83.5 Å². The van der Waals surface area contributed by atoms with Crippen molar-refractivity contribution in [2.45, 2.75) is 97.2 Å². The van der Waals surface area contributed by atoms with E-state index in [1.54, 1.807) is 25.7 Å². The summed E-state index contributed by atoms with van der Waals surface area (Å²) in [4.78, 5) is 57.5. The summed E-state index contributed by atoms with van der Waals surface area (Å²) in [6.07, 6.45) is 4.48. The van der Waals surface area contributed by atoms with Gasteiger partial charge in [0.25, 0.3) is 0 Å². The number of hydrogen-bond acceptors (Lipinski definition) is 6. The standard InChI is InChI=1S/C32H50N6O6/c1-21(2)27(33)36-30(41)37-17-14-22(15-18-37)8-7-19-43-24-12-10-23(11-13-24)20-25(35-31(42)44-32(3,4)5)29(40)38-16-6-9-26(38)28(34)39/h10-13,21-22,25-26H,6-9,14-20H2,1-5H3,(H2,34,39)(H,35,42)(H2,33,36,41)/t25?,26-/m0/s1. The van der Waals surface area contributed by atoms with Crippen LogP contribution in [0.2, 0.25) is 0 Å². The summed E-state index contributed by atoms with van der Waals surface area (Å²) in [6, 6.07) is 5.58. The van der Waals surface area contributed by atoms with Crippen molar-refractivity contribution in [2.75, 3.05) is 26.2 Å². The lowest BCUT2D eigenvalue weighted by atomic mass is 9.92. The Balaban J connectivity index is 1.48. The fraction of sp³-hybridized carbons (Fsp3) is 0.656. The molecule has 44 heavy (non-hydrogen) atoms. The maximum absolute atomic E-state index is 13.4. The van der Waals surface area contributed by atoms with Crippen LogP contribution in [0.1, 0.15) is 78.7 Å². The molecule has 12 heteroatoms. The number of nitrogens with zero attached hydrogens (tertiary/aromatic N) is 3. The minimum atomic E-state index is -0.919. The fourth-order valence-electron chi connectivity index (χ4n) is 5.42. The van der Waals surface area contributed by atoms with Crippen LogP contribution in [0.3, 0.4) is 0 Å². The number of ether oxygens (including phenoxy) is 2. The quantitative estimate of drug-likeness (QED) is 0.194. The highest BCUT2D eigenvalue weighted by molar-refractivity contribution is 5.94. The van der Waals surface area contributed by atoms with Crippen LogP contribution in [0.25, 0.3) is 0 Å². The molecule has 3 rings (SSSR count). The predicted octanol–water partition coefficient (Wildman–Crippen LogP) is 3.60. The number of amidine groups is 1. The first-order chi connectivity index (χ1) is 20.7. The molecule has 5 amide bonds. The molecule has 0 saturated carbocycles. The van der Waals surface area contributed by atoms with Gasteiger partial charge in [-0.25, -0.2) is 9.59 Å². The zero-order valence-corrected chi connectivity index (χ0v) is 26.8. The van der Waals surface area contributed by atoms with Crippen molar-refractivity contribution < 1.29 is 28.7 Å². The number of amides is 5. The molecule has 0 radical (unpaired) electrons. The number of rotatable bonds is 11. The number of nitrogens with one attached hydrogen (secondary N) is 1. The summed E-state index contributed by atoms with van der Waals surface area (Å²) in [5, 5.41) is 2.70. The molecule has 1 unspecified atom stereocenters. The van der Waals surface area contributed by atoms with Gasteiger partial charge in [0.1, 0.15) is 29.3 Å². The second-order valence-corrected chi connectivity index (χ2v) is 13.0. The van der Waals surface area contributed by atoms with Gasteiger partial charge >= 0.3 is 12.1 Å². The number of carbonyl (C=O) groups is 4. The van der Waals surface area contributed by atoms with E-state index in [0.717, 1.165) is 31.2 Å². The number of alkyl carbamates (subject to hydrolysis) is 1. The molecule has 5 N–H and O–H groups in total. The molecule has 2 aliphatic heterocycles. The fourth-order valence-corrected chi connectivity index (χ4v) is 5.42. The van der Waals surface area contributed by atoms with Crippen molar-refractivity contribution in [3.8, 4) is 5.75 Å². The number of aliphatic imine (C=N–C) groups is 1. The van der Waals surface area contributed by atoms with Gasteiger partial charge in [-0.05, 0) is 82.9 Å². The van der Waals surface area contributed by atoms with Crippen LogP contribution < -0.4 is 21.5 Å². The molecule has 2 atom stereocenters. The molecule has 2 heterocycles. The number of urea groups is 1. The molecule has 0 bridgehead atoms. The van der Waals surface area contributed by atoms with E-state index in [-0.39, 0.29) is 24.3 Å². The van der Waals surface area contributed by atoms with Gasteiger partial charge in [-0.2, -0.15) is 4.99 Å². The van der Waals surface area contributed by atoms with Crippen LogP contribution in [0.4, 0.5) is 9.59 Å². The zero-order valence-electron chi connectivity index (χ0n) is 26.8. The normalized spacial score (nSPS) is 18.7. The van der Waals surface area contributed by atoms with Crippen molar-refractivity contribution in [2.24, 2.45) is 28.3 Å². The number of nitrogens with two attached hydrogens (primary N) is 2. The van der Waals surface area contributed by atoms with Crippen molar-refractivity contribution in [1.29, 1.82) is 0 Å². The molecule has 2 saturated heterocycles. The van der Waals surface area contributed by atoms with Crippen LogP contribution in [0.15, 0.2) is 29.3 Å². The van der Waals surface area contributed by atoms with Crippen molar-refractivity contribution in [3.05, 3.63) is 29.8 Å². The first-order valence-corrected chi connectivity index (χ1v) is 15.7. The van der Waals surface area contributed by atoms with Gasteiger partial charge in [0.2, 0.25) is 11.8 Å². The molecule has 1 aromatic carbocycles. The van der Waals surface area contributed by atoms with Crippen molar-refractivity contribution >= 4 is 29.8 Å². The van der Waals surface area contributed by atoms with E-state index in [1.807, 2.05) is 38.1 Å². The Kier molecular flexibility index (Phi) is 12.4. The third kappa shape index (κ3) is 10.7. The molecule has 0 aromatic heterocycles. The zero-order chi connectivity index (χ0) is 32.4. The van der Waals surface area contributed by atoms with E-state index >= 15 is 0 Å². The molecular formula is C32H50N6O6. The number of piperidine rings is 1. The lowest BCUT2D eigenvalue weighted by Crippen LogP contribution is -2.54. The smallest absolute Gasteiger partial charge is 0.408 e. The minimum absolute atomic E-state index is 0.0485. The maximum Gasteiger partial charge on any atom is 0.408 e. The van der Waals surface area contributed by atoms with E-state index < -0.39 is 29.7 Å². The Labute approximate surface area is 260 Å². The molecule has 12 nitrogen and oxygen atoms in total. The van der Waals surface area contributed by atoms with Gasteiger partial charge in [-0.3, -0.25) is 9.59 Å². The van der Waals surface area contributed by atoms with Gasteiger partial charge in [0, 0.05) is 32.0 Å². The van der Waals surface area contributed by atoms with Crippen LogP contribution in [0.5, 0.6) is 5.75 Å².